The first-order chi connectivity index (χ1) is 11.9. The average molecular weight is 367 g/mol. The molecular formula is C18H20F3N3O2. The van der Waals surface area contributed by atoms with E-state index < -0.39 is 29.1 Å². The van der Waals surface area contributed by atoms with Gasteiger partial charge in [-0.15, -0.1) is 0 Å². The van der Waals surface area contributed by atoms with Gasteiger partial charge in [-0.05, 0) is 38.3 Å². The van der Waals surface area contributed by atoms with Gasteiger partial charge in [-0.1, -0.05) is 20.4 Å². The van der Waals surface area contributed by atoms with Crippen molar-refractivity contribution < 1.29 is 22.8 Å². The Morgan fingerprint density at radius 1 is 1.27 bits per heavy atom. The second-order valence-electron chi connectivity index (χ2n) is 5.91. The summed E-state index contributed by atoms with van der Waals surface area (Å²) in [5, 5.41) is 9.50. The molecule has 5 nitrogen and oxygen atoms in total. The molecule has 0 saturated heterocycles. The van der Waals surface area contributed by atoms with E-state index in [1.807, 2.05) is 6.92 Å². The Bertz CT molecular complexity index is 744. The van der Waals surface area contributed by atoms with E-state index in [1.54, 1.807) is 6.92 Å². The zero-order chi connectivity index (χ0) is 20.2. The topological polar surface area (TPSA) is 73.2 Å². The number of carbonyl (C=O) groups is 2. The fourth-order valence-corrected chi connectivity index (χ4v) is 2.11. The lowest BCUT2D eigenvalue weighted by Gasteiger charge is -2.23. The maximum atomic E-state index is 13.1. The molecule has 1 atom stereocenters. The minimum Gasteiger partial charge on any atom is -0.292 e. The maximum absolute atomic E-state index is 13.1. The normalized spacial score (nSPS) is 17.5. The van der Waals surface area contributed by atoms with Gasteiger partial charge in [0.05, 0.1) is 17.2 Å². The van der Waals surface area contributed by atoms with Gasteiger partial charge in [-0.2, -0.15) is 23.4 Å². The van der Waals surface area contributed by atoms with Crippen LogP contribution in [0.5, 0.6) is 0 Å². The van der Waals surface area contributed by atoms with Crippen LogP contribution < -0.4 is 5.43 Å². The summed E-state index contributed by atoms with van der Waals surface area (Å²) in [4.78, 5) is 24.3. The maximum Gasteiger partial charge on any atom is 0.417 e. The van der Waals surface area contributed by atoms with E-state index in [4.69, 9.17) is 5.26 Å². The van der Waals surface area contributed by atoms with Crippen LogP contribution in [0.4, 0.5) is 13.2 Å². The SMILES string of the molecule is C=C(C#N)/C(=C\C=C(\NN1C(=O)C(C)=C(C)C1=O)C(C)CC)C(F)(F)F. The lowest BCUT2D eigenvalue weighted by molar-refractivity contribution is -0.140. The molecule has 0 aromatic carbocycles. The summed E-state index contributed by atoms with van der Waals surface area (Å²) >= 11 is 0. The molecule has 0 aromatic heterocycles. The minimum atomic E-state index is -4.75. The summed E-state index contributed by atoms with van der Waals surface area (Å²) in [5.74, 6) is -1.37. The van der Waals surface area contributed by atoms with Gasteiger partial charge in [0.25, 0.3) is 11.8 Å². The number of nitrogens with one attached hydrogen (secondary N) is 1. The third-order valence-electron chi connectivity index (χ3n) is 4.19. The fraction of sp³-hybridized carbons (Fsp3) is 0.389. The zero-order valence-electron chi connectivity index (χ0n) is 15.0. The predicted octanol–water partition coefficient (Wildman–Crippen LogP) is 3.69. The Morgan fingerprint density at radius 2 is 1.77 bits per heavy atom. The molecule has 0 aromatic rings. The number of amides is 2. The minimum absolute atomic E-state index is 0.240. The standard InChI is InChI=1S/C18H20F3N3O2/c1-6-10(2)15(8-7-14(11(3)9-22)18(19,20)21)23-24-16(25)12(4)13(5)17(24)26/h7-8,10,23H,3,6H2,1-2,4-5H3/b14-7+,15-8+. The van der Waals surface area contributed by atoms with Crippen LogP contribution in [0.25, 0.3) is 0 Å². The Hall–Kier alpha value is -2.82. The zero-order valence-corrected chi connectivity index (χ0v) is 15.0. The van der Waals surface area contributed by atoms with Crippen LogP contribution in [-0.2, 0) is 9.59 Å². The number of allylic oxidation sites excluding steroid dienone is 5. The van der Waals surface area contributed by atoms with Crippen molar-refractivity contribution in [3.63, 3.8) is 0 Å². The van der Waals surface area contributed by atoms with E-state index in [9.17, 15) is 22.8 Å². The van der Waals surface area contributed by atoms with Gasteiger partial charge >= 0.3 is 6.18 Å². The van der Waals surface area contributed by atoms with E-state index >= 15 is 0 Å². The highest BCUT2D eigenvalue weighted by Gasteiger charge is 2.36. The van der Waals surface area contributed by atoms with E-state index in [2.05, 4.69) is 12.0 Å². The highest BCUT2D eigenvalue weighted by atomic mass is 19.4. The van der Waals surface area contributed by atoms with Crippen LogP contribution in [0.1, 0.15) is 34.1 Å². The molecule has 140 valence electrons. The molecule has 1 heterocycles. The number of halogens is 3. The van der Waals surface area contributed by atoms with Crippen molar-refractivity contribution in [2.45, 2.75) is 40.3 Å². The average Bonchev–Trinajstić information content (AvgIpc) is 2.76. The second kappa shape index (κ2) is 8.04. The molecule has 8 heteroatoms. The number of hydrazine groups is 1. The summed E-state index contributed by atoms with van der Waals surface area (Å²) in [6.07, 6.45) is -2.37. The monoisotopic (exact) mass is 367 g/mol. The van der Waals surface area contributed by atoms with Crippen molar-refractivity contribution in [3.8, 4) is 6.07 Å². The summed E-state index contributed by atoms with van der Waals surface area (Å²) in [6.45, 7) is 9.65. The van der Waals surface area contributed by atoms with E-state index in [0.29, 0.717) is 6.42 Å². The largest absolute Gasteiger partial charge is 0.417 e. The van der Waals surface area contributed by atoms with Crippen LogP contribution in [0, 0.1) is 17.2 Å². The van der Waals surface area contributed by atoms with Crippen LogP contribution >= 0.6 is 0 Å². The van der Waals surface area contributed by atoms with Crippen LogP contribution in [-0.4, -0.2) is 23.0 Å². The van der Waals surface area contributed by atoms with Gasteiger partial charge in [0, 0.05) is 16.8 Å². The van der Waals surface area contributed by atoms with Crippen LogP contribution in [0.15, 0.2) is 46.7 Å². The van der Waals surface area contributed by atoms with Crippen molar-refractivity contribution in [1.29, 1.82) is 5.26 Å². The first kappa shape index (κ1) is 21.2. The van der Waals surface area contributed by atoms with Gasteiger partial charge in [-0.25, -0.2) is 0 Å². The number of hydrogen-bond donors (Lipinski definition) is 1. The second-order valence-corrected chi connectivity index (χ2v) is 5.91. The molecule has 0 bridgehead atoms. The van der Waals surface area contributed by atoms with Crippen LogP contribution in [0.2, 0.25) is 0 Å². The number of hydrogen-bond acceptors (Lipinski definition) is 4. The number of nitrogens with zero attached hydrogens (tertiary/aromatic N) is 2. The third kappa shape index (κ3) is 4.42. The summed E-state index contributed by atoms with van der Waals surface area (Å²) in [5.41, 5.74) is 1.50. The molecule has 1 aliphatic rings. The Labute approximate surface area is 150 Å². The number of carbonyl (C=O) groups excluding carboxylic acids is 2. The molecule has 1 rings (SSSR count). The highest BCUT2D eigenvalue weighted by molar-refractivity contribution is 6.18. The van der Waals surface area contributed by atoms with E-state index in [1.165, 1.54) is 19.9 Å². The smallest absolute Gasteiger partial charge is 0.292 e. The van der Waals surface area contributed by atoms with Crippen molar-refractivity contribution in [1.82, 2.24) is 10.4 Å². The summed E-state index contributed by atoms with van der Waals surface area (Å²) in [7, 11) is 0. The summed E-state index contributed by atoms with van der Waals surface area (Å²) < 4.78 is 39.2. The first-order valence-corrected chi connectivity index (χ1v) is 7.87. The molecule has 2 amide bonds. The number of imide groups is 1. The summed E-state index contributed by atoms with van der Waals surface area (Å²) in [6, 6.07) is 1.38. The Kier molecular flexibility index (Phi) is 6.56. The highest BCUT2D eigenvalue weighted by Crippen LogP contribution is 2.30. The van der Waals surface area contributed by atoms with Gasteiger partial charge in [-0.3, -0.25) is 15.0 Å². The van der Waals surface area contributed by atoms with E-state index in [-0.39, 0.29) is 22.8 Å². The molecule has 1 aliphatic heterocycles. The van der Waals surface area contributed by atoms with Gasteiger partial charge < -0.3 is 0 Å². The molecule has 0 saturated carbocycles. The molecular weight excluding hydrogens is 347 g/mol. The lowest BCUT2D eigenvalue weighted by Crippen LogP contribution is -2.44. The number of nitriles is 1. The van der Waals surface area contributed by atoms with E-state index in [0.717, 1.165) is 17.2 Å². The molecule has 0 radical (unpaired) electrons. The van der Waals surface area contributed by atoms with Crippen molar-refractivity contribution in [2.75, 3.05) is 0 Å². The quantitative estimate of drug-likeness (QED) is 0.441. The first-order valence-electron chi connectivity index (χ1n) is 7.87. The van der Waals surface area contributed by atoms with Gasteiger partial charge in [0.1, 0.15) is 0 Å². The molecule has 0 aliphatic carbocycles. The Morgan fingerprint density at radius 3 is 2.15 bits per heavy atom. The molecule has 26 heavy (non-hydrogen) atoms. The van der Waals surface area contributed by atoms with Crippen molar-refractivity contribution in [3.05, 3.63) is 46.7 Å². The number of alkyl halides is 3. The van der Waals surface area contributed by atoms with Gasteiger partial charge in [0.2, 0.25) is 0 Å². The number of rotatable bonds is 6. The molecule has 1 unspecified atom stereocenters. The van der Waals surface area contributed by atoms with Crippen LogP contribution in [0.3, 0.4) is 0 Å². The fourth-order valence-electron chi connectivity index (χ4n) is 2.11. The Balaban J connectivity index is 3.27. The van der Waals surface area contributed by atoms with Crippen molar-refractivity contribution >= 4 is 11.8 Å². The predicted molar refractivity (Wildman–Crippen MR) is 89.8 cm³/mol. The molecule has 0 spiro atoms. The molecule has 0 fully saturated rings. The third-order valence-corrected chi connectivity index (χ3v) is 4.19. The lowest BCUT2D eigenvalue weighted by atomic mass is 10.0. The molecule has 1 N–H and O–H groups in total. The van der Waals surface area contributed by atoms with Gasteiger partial charge in [0.15, 0.2) is 0 Å². The van der Waals surface area contributed by atoms with Crippen molar-refractivity contribution in [2.24, 2.45) is 5.92 Å².